The van der Waals surface area contributed by atoms with E-state index < -0.39 is 0 Å². The Morgan fingerprint density at radius 2 is 2.07 bits per heavy atom. The maximum absolute atomic E-state index is 11.6. The average Bonchev–Trinajstić information content (AvgIpc) is 3.08. The zero-order chi connectivity index (χ0) is 19.2. The number of rotatable bonds is 6. The van der Waals surface area contributed by atoms with Crippen LogP contribution in [0.5, 0.6) is 5.75 Å². The molecule has 1 aromatic carbocycles. The molecule has 7 nitrogen and oxygen atoms in total. The van der Waals surface area contributed by atoms with E-state index in [1.54, 1.807) is 21.2 Å². The van der Waals surface area contributed by atoms with Gasteiger partial charge in [-0.3, -0.25) is 9.58 Å². The van der Waals surface area contributed by atoms with Gasteiger partial charge in [0.15, 0.2) is 0 Å². The molecule has 2 amide bonds. The first kappa shape index (κ1) is 19.0. The highest BCUT2D eigenvalue weighted by Crippen LogP contribution is 2.15. The third-order valence-corrected chi connectivity index (χ3v) is 4.54. The Morgan fingerprint density at radius 1 is 1.30 bits per heavy atom. The monoisotopic (exact) mass is 369 g/mol. The molecule has 1 aliphatic heterocycles. The predicted molar refractivity (Wildman–Crippen MR) is 105 cm³/mol. The minimum atomic E-state index is -0.105. The van der Waals surface area contributed by atoms with Crippen LogP contribution in [0.2, 0.25) is 0 Å². The Kier molecular flexibility index (Phi) is 6.13. The number of aromatic nitrogens is 2. The molecule has 1 aliphatic rings. The van der Waals surface area contributed by atoms with Crippen LogP contribution < -0.4 is 10.1 Å². The number of urea groups is 1. The van der Waals surface area contributed by atoms with E-state index in [9.17, 15) is 4.79 Å². The van der Waals surface area contributed by atoms with E-state index >= 15 is 0 Å². The van der Waals surface area contributed by atoms with Crippen LogP contribution in [-0.4, -0.2) is 59.9 Å². The molecule has 0 radical (unpaired) electrons. The fraction of sp³-hybridized carbons (Fsp3) is 0.400. The van der Waals surface area contributed by atoms with Gasteiger partial charge in [-0.15, -0.1) is 0 Å². The molecule has 2 aromatic rings. The summed E-state index contributed by atoms with van der Waals surface area (Å²) >= 11 is 0. The summed E-state index contributed by atoms with van der Waals surface area (Å²) in [5.74, 6) is 0.869. The van der Waals surface area contributed by atoms with Crippen LogP contribution in [-0.2, 0) is 19.6 Å². The van der Waals surface area contributed by atoms with Crippen molar-refractivity contribution < 1.29 is 9.53 Å². The molecular formula is C20H27N5O2. The van der Waals surface area contributed by atoms with Gasteiger partial charge in [0, 0.05) is 33.7 Å². The number of amides is 2. The fourth-order valence-electron chi connectivity index (χ4n) is 3.00. The standard InChI is InChI=1S/C20H27N5O2/c1-23(2)20(26)21-14-17-13-18-15-24(11-12-25(18)22-17)10-4-5-16-6-8-19(27-3)9-7-16/h4-9,13H,10-12,14-15H2,1-3H3,(H,21,26)/b5-4+. The topological polar surface area (TPSA) is 62.6 Å². The first-order chi connectivity index (χ1) is 13.0. The maximum atomic E-state index is 11.6. The number of hydrogen-bond donors (Lipinski definition) is 1. The SMILES string of the molecule is COc1ccc(/C=C/CN2CCn3nc(CNC(=O)N(C)C)cc3C2)cc1. The number of carbonyl (C=O) groups excluding carboxylic acids is 1. The van der Waals surface area contributed by atoms with Gasteiger partial charge in [-0.2, -0.15) is 5.10 Å². The molecule has 0 fully saturated rings. The zero-order valence-corrected chi connectivity index (χ0v) is 16.2. The summed E-state index contributed by atoms with van der Waals surface area (Å²) in [5, 5.41) is 7.44. The maximum Gasteiger partial charge on any atom is 0.317 e. The van der Waals surface area contributed by atoms with E-state index in [4.69, 9.17) is 4.74 Å². The molecule has 0 spiro atoms. The van der Waals surface area contributed by atoms with Gasteiger partial charge in [0.25, 0.3) is 0 Å². The molecule has 0 saturated heterocycles. The van der Waals surface area contributed by atoms with Gasteiger partial charge in [0.2, 0.25) is 0 Å². The molecule has 27 heavy (non-hydrogen) atoms. The number of carbonyl (C=O) groups is 1. The molecule has 3 rings (SSSR count). The second kappa shape index (κ2) is 8.73. The van der Waals surface area contributed by atoms with Crippen LogP contribution in [0.15, 0.2) is 36.4 Å². The minimum Gasteiger partial charge on any atom is -0.497 e. The van der Waals surface area contributed by atoms with Crippen molar-refractivity contribution in [2.45, 2.75) is 19.6 Å². The summed E-state index contributed by atoms with van der Waals surface area (Å²) in [6.07, 6.45) is 4.32. The smallest absolute Gasteiger partial charge is 0.317 e. The van der Waals surface area contributed by atoms with Crippen LogP contribution in [0.3, 0.4) is 0 Å². The molecule has 0 saturated carbocycles. The van der Waals surface area contributed by atoms with Crippen molar-refractivity contribution >= 4 is 12.1 Å². The summed E-state index contributed by atoms with van der Waals surface area (Å²) in [5.41, 5.74) is 3.25. The minimum absolute atomic E-state index is 0.105. The number of hydrogen-bond acceptors (Lipinski definition) is 4. The molecule has 0 bridgehead atoms. The van der Waals surface area contributed by atoms with Gasteiger partial charge in [0.05, 0.1) is 31.6 Å². The number of fused-ring (bicyclic) bond motifs is 1. The van der Waals surface area contributed by atoms with Crippen molar-refractivity contribution in [3.05, 3.63) is 53.4 Å². The Bertz CT molecular complexity index is 795. The zero-order valence-electron chi connectivity index (χ0n) is 16.2. The van der Waals surface area contributed by atoms with Gasteiger partial charge in [-0.05, 0) is 23.8 Å². The molecule has 144 valence electrons. The number of benzene rings is 1. The number of nitrogens with zero attached hydrogens (tertiary/aromatic N) is 4. The summed E-state index contributed by atoms with van der Waals surface area (Å²) in [7, 11) is 5.13. The van der Waals surface area contributed by atoms with Gasteiger partial charge < -0.3 is 15.0 Å². The van der Waals surface area contributed by atoms with Crippen molar-refractivity contribution in [2.24, 2.45) is 0 Å². The first-order valence-corrected chi connectivity index (χ1v) is 9.09. The quantitative estimate of drug-likeness (QED) is 0.848. The summed E-state index contributed by atoms with van der Waals surface area (Å²) in [4.78, 5) is 15.5. The molecule has 0 aliphatic carbocycles. The molecule has 0 atom stereocenters. The normalized spacial score (nSPS) is 14.2. The third-order valence-electron chi connectivity index (χ3n) is 4.54. The van der Waals surface area contributed by atoms with E-state index in [0.717, 1.165) is 43.2 Å². The van der Waals surface area contributed by atoms with Crippen LogP contribution in [0.1, 0.15) is 17.0 Å². The number of nitrogens with one attached hydrogen (secondary N) is 1. The Balaban J connectivity index is 1.51. The van der Waals surface area contributed by atoms with Gasteiger partial charge >= 0.3 is 6.03 Å². The highest BCUT2D eigenvalue weighted by molar-refractivity contribution is 5.73. The van der Waals surface area contributed by atoms with Crippen LogP contribution >= 0.6 is 0 Å². The number of methoxy groups -OCH3 is 1. The number of ether oxygens (including phenoxy) is 1. The van der Waals surface area contributed by atoms with Crippen LogP contribution in [0.25, 0.3) is 6.08 Å². The Labute approximate surface area is 160 Å². The van der Waals surface area contributed by atoms with Crippen molar-refractivity contribution in [1.82, 2.24) is 24.9 Å². The molecule has 0 unspecified atom stereocenters. The highest BCUT2D eigenvalue weighted by atomic mass is 16.5. The molecule has 1 N–H and O–H groups in total. The van der Waals surface area contributed by atoms with Crippen LogP contribution in [0, 0.1) is 0 Å². The van der Waals surface area contributed by atoms with E-state index in [-0.39, 0.29) is 6.03 Å². The van der Waals surface area contributed by atoms with E-state index in [0.29, 0.717) is 6.54 Å². The molecule has 1 aromatic heterocycles. The summed E-state index contributed by atoms with van der Waals surface area (Å²) in [6.45, 7) is 4.04. The lowest BCUT2D eigenvalue weighted by Gasteiger charge is -2.26. The predicted octanol–water partition coefficient (Wildman–Crippen LogP) is 2.19. The Morgan fingerprint density at radius 3 is 2.78 bits per heavy atom. The Hall–Kier alpha value is -2.80. The second-order valence-corrected chi connectivity index (χ2v) is 6.81. The van der Waals surface area contributed by atoms with E-state index in [2.05, 4.69) is 45.7 Å². The lowest BCUT2D eigenvalue weighted by atomic mass is 10.2. The van der Waals surface area contributed by atoms with Gasteiger partial charge in [-0.1, -0.05) is 24.3 Å². The van der Waals surface area contributed by atoms with Gasteiger partial charge in [0.1, 0.15) is 5.75 Å². The summed E-state index contributed by atoms with van der Waals surface area (Å²) < 4.78 is 7.22. The molecular weight excluding hydrogens is 342 g/mol. The lowest BCUT2D eigenvalue weighted by Crippen LogP contribution is -2.34. The fourth-order valence-corrected chi connectivity index (χ4v) is 3.00. The summed E-state index contributed by atoms with van der Waals surface area (Å²) in [6, 6.07) is 10.0. The largest absolute Gasteiger partial charge is 0.497 e. The third kappa shape index (κ3) is 5.10. The molecule has 2 heterocycles. The van der Waals surface area contributed by atoms with Crippen molar-refractivity contribution in [3.8, 4) is 5.75 Å². The van der Waals surface area contributed by atoms with E-state index in [1.807, 2.05) is 16.8 Å². The highest BCUT2D eigenvalue weighted by Gasteiger charge is 2.17. The molecule has 7 heteroatoms. The van der Waals surface area contributed by atoms with Gasteiger partial charge in [-0.25, -0.2) is 4.79 Å². The van der Waals surface area contributed by atoms with Crippen molar-refractivity contribution in [1.29, 1.82) is 0 Å². The van der Waals surface area contributed by atoms with Crippen molar-refractivity contribution in [2.75, 3.05) is 34.3 Å². The first-order valence-electron chi connectivity index (χ1n) is 9.09. The van der Waals surface area contributed by atoms with Crippen molar-refractivity contribution in [3.63, 3.8) is 0 Å². The average molecular weight is 369 g/mol. The lowest BCUT2D eigenvalue weighted by molar-refractivity contribution is 0.216. The van der Waals surface area contributed by atoms with E-state index in [1.165, 1.54) is 10.6 Å². The second-order valence-electron chi connectivity index (χ2n) is 6.81. The van der Waals surface area contributed by atoms with Crippen LogP contribution in [0.4, 0.5) is 4.79 Å².